The van der Waals surface area contributed by atoms with E-state index in [1.165, 1.54) is 12.1 Å². The van der Waals surface area contributed by atoms with Gasteiger partial charge in [0.05, 0.1) is 5.56 Å². The van der Waals surface area contributed by atoms with Gasteiger partial charge in [-0.05, 0) is 36.2 Å². The van der Waals surface area contributed by atoms with Crippen molar-refractivity contribution in [2.45, 2.75) is 12.8 Å². The van der Waals surface area contributed by atoms with Crippen LogP contribution in [0.4, 0.5) is 0 Å². The maximum atomic E-state index is 12.1. The molecule has 1 aliphatic heterocycles. The van der Waals surface area contributed by atoms with Gasteiger partial charge in [-0.15, -0.1) is 0 Å². The van der Waals surface area contributed by atoms with Gasteiger partial charge in [0.25, 0.3) is 0 Å². The Morgan fingerprint density at radius 1 is 1.05 bits per heavy atom. The number of phenols is 2. The van der Waals surface area contributed by atoms with Crippen LogP contribution in [-0.4, -0.2) is 22.8 Å². The summed E-state index contributed by atoms with van der Waals surface area (Å²) >= 11 is 0. The summed E-state index contributed by atoms with van der Waals surface area (Å²) in [6, 6.07) is 9.53. The van der Waals surface area contributed by atoms with E-state index in [1.54, 1.807) is 0 Å². The molecule has 0 unspecified atom stereocenters. The molecule has 0 aliphatic carbocycles. The quantitative estimate of drug-likeness (QED) is 0.845. The summed E-state index contributed by atoms with van der Waals surface area (Å²) in [7, 11) is 0. The van der Waals surface area contributed by atoms with Crippen molar-refractivity contribution in [1.29, 1.82) is 0 Å². The van der Waals surface area contributed by atoms with E-state index < -0.39 is 0 Å². The van der Waals surface area contributed by atoms with Crippen molar-refractivity contribution < 1.29 is 24.5 Å². The molecule has 0 radical (unpaired) electrons. The SMILES string of the molecule is O=C(CCc1ccc2c(c1)OCO2)c1ccc(O)cc1O. The van der Waals surface area contributed by atoms with Crippen molar-refractivity contribution in [3.8, 4) is 23.0 Å². The fourth-order valence-electron chi connectivity index (χ4n) is 2.24. The number of hydrogen-bond acceptors (Lipinski definition) is 5. The van der Waals surface area contributed by atoms with Gasteiger partial charge in [0.2, 0.25) is 6.79 Å². The number of carbonyl (C=O) groups is 1. The van der Waals surface area contributed by atoms with E-state index in [2.05, 4.69) is 0 Å². The van der Waals surface area contributed by atoms with E-state index >= 15 is 0 Å². The summed E-state index contributed by atoms with van der Waals surface area (Å²) in [5.74, 6) is 0.948. The smallest absolute Gasteiger partial charge is 0.231 e. The number of benzene rings is 2. The van der Waals surface area contributed by atoms with Crippen LogP contribution in [0.2, 0.25) is 0 Å². The number of ether oxygens (including phenoxy) is 2. The van der Waals surface area contributed by atoms with Crippen LogP contribution in [0.15, 0.2) is 36.4 Å². The van der Waals surface area contributed by atoms with E-state index in [4.69, 9.17) is 9.47 Å². The molecule has 0 saturated carbocycles. The number of carbonyl (C=O) groups excluding carboxylic acids is 1. The lowest BCUT2D eigenvalue weighted by Gasteiger charge is -2.05. The number of phenolic OH excluding ortho intramolecular Hbond substituents is 2. The lowest BCUT2D eigenvalue weighted by Crippen LogP contribution is -2.01. The number of hydrogen-bond donors (Lipinski definition) is 2. The van der Waals surface area contributed by atoms with Gasteiger partial charge < -0.3 is 19.7 Å². The second-order valence-corrected chi connectivity index (χ2v) is 4.81. The molecule has 0 spiro atoms. The zero-order chi connectivity index (χ0) is 14.8. The van der Waals surface area contributed by atoms with Crippen LogP contribution in [0.5, 0.6) is 23.0 Å². The van der Waals surface area contributed by atoms with Crippen molar-refractivity contribution in [3.63, 3.8) is 0 Å². The first-order valence-electron chi connectivity index (χ1n) is 6.57. The molecule has 3 rings (SSSR count). The van der Waals surface area contributed by atoms with Gasteiger partial charge in [-0.2, -0.15) is 0 Å². The number of Topliss-reactive ketones (excluding diaryl/α,β-unsaturated/α-hetero) is 1. The highest BCUT2D eigenvalue weighted by molar-refractivity contribution is 5.98. The highest BCUT2D eigenvalue weighted by Gasteiger charge is 2.15. The molecule has 0 aromatic heterocycles. The van der Waals surface area contributed by atoms with Crippen LogP contribution >= 0.6 is 0 Å². The first-order chi connectivity index (χ1) is 10.1. The van der Waals surface area contributed by atoms with Crippen molar-refractivity contribution in [2.24, 2.45) is 0 Å². The minimum absolute atomic E-state index is 0.0696. The molecule has 2 aromatic carbocycles. The molecule has 21 heavy (non-hydrogen) atoms. The first kappa shape index (κ1) is 13.3. The minimum atomic E-state index is -0.203. The Bertz CT molecular complexity index is 693. The Hall–Kier alpha value is -2.69. The summed E-state index contributed by atoms with van der Waals surface area (Å²) in [6.45, 7) is 0.221. The number of rotatable bonds is 4. The molecule has 1 heterocycles. The summed E-state index contributed by atoms with van der Waals surface area (Å²) in [6.07, 6.45) is 0.799. The molecule has 0 saturated heterocycles. The number of fused-ring (bicyclic) bond motifs is 1. The second-order valence-electron chi connectivity index (χ2n) is 4.81. The fourth-order valence-corrected chi connectivity index (χ4v) is 2.24. The molecule has 1 aliphatic rings. The van der Waals surface area contributed by atoms with Crippen LogP contribution in [0, 0.1) is 0 Å². The maximum absolute atomic E-state index is 12.1. The Balaban J connectivity index is 1.68. The molecular formula is C16H14O5. The Labute approximate surface area is 121 Å². The van der Waals surface area contributed by atoms with Crippen LogP contribution in [0.3, 0.4) is 0 Å². The fraction of sp³-hybridized carbons (Fsp3) is 0.188. The van der Waals surface area contributed by atoms with E-state index in [9.17, 15) is 15.0 Å². The van der Waals surface area contributed by atoms with E-state index in [0.717, 1.165) is 11.6 Å². The molecule has 0 bridgehead atoms. The summed E-state index contributed by atoms with van der Waals surface area (Å²) in [5.41, 5.74) is 1.18. The van der Waals surface area contributed by atoms with Crippen LogP contribution in [-0.2, 0) is 6.42 Å². The summed E-state index contributed by atoms with van der Waals surface area (Å²) < 4.78 is 10.5. The largest absolute Gasteiger partial charge is 0.508 e. The van der Waals surface area contributed by atoms with E-state index in [1.807, 2.05) is 18.2 Å². The Morgan fingerprint density at radius 3 is 2.67 bits per heavy atom. The van der Waals surface area contributed by atoms with E-state index in [-0.39, 0.29) is 36.1 Å². The number of aromatic hydroxyl groups is 2. The predicted molar refractivity (Wildman–Crippen MR) is 75.0 cm³/mol. The van der Waals surface area contributed by atoms with Crippen molar-refractivity contribution in [3.05, 3.63) is 47.5 Å². The Morgan fingerprint density at radius 2 is 1.86 bits per heavy atom. The van der Waals surface area contributed by atoms with Gasteiger partial charge >= 0.3 is 0 Å². The predicted octanol–water partition coefficient (Wildman–Crippen LogP) is 2.64. The molecule has 5 heteroatoms. The third-order valence-corrected chi connectivity index (χ3v) is 3.36. The maximum Gasteiger partial charge on any atom is 0.231 e. The van der Waals surface area contributed by atoms with Crippen LogP contribution in [0.1, 0.15) is 22.3 Å². The lowest BCUT2D eigenvalue weighted by atomic mass is 10.0. The summed E-state index contributed by atoms with van der Waals surface area (Å²) in [5, 5.41) is 18.9. The average Bonchev–Trinajstić information content (AvgIpc) is 2.92. The average molecular weight is 286 g/mol. The van der Waals surface area contributed by atoms with Crippen molar-refractivity contribution >= 4 is 5.78 Å². The van der Waals surface area contributed by atoms with Crippen molar-refractivity contribution in [2.75, 3.05) is 6.79 Å². The molecular weight excluding hydrogens is 272 g/mol. The number of ketones is 1. The van der Waals surface area contributed by atoms with Gasteiger partial charge in [0.1, 0.15) is 11.5 Å². The molecule has 0 amide bonds. The highest BCUT2D eigenvalue weighted by Crippen LogP contribution is 2.33. The van der Waals surface area contributed by atoms with Gasteiger partial charge in [-0.3, -0.25) is 4.79 Å². The lowest BCUT2D eigenvalue weighted by molar-refractivity contribution is 0.0980. The van der Waals surface area contributed by atoms with Crippen LogP contribution in [0.25, 0.3) is 0 Å². The zero-order valence-electron chi connectivity index (χ0n) is 11.2. The minimum Gasteiger partial charge on any atom is -0.508 e. The summed E-state index contributed by atoms with van der Waals surface area (Å²) in [4.78, 5) is 12.1. The topological polar surface area (TPSA) is 76.0 Å². The monoisotopic (exact) mass is 286 g/mol. The Kier molecular flexibility index (Phi) is 3.39. The van der Waals surface area contributed by atoms with Gasteiger partial charge in [-0.1, -0.05) is 6.07 Å². The molecule has 108 valence electrons. The molecule has 2 aromatic rings. The third-order valence-electron chi connectivity index (χ3n) is 3.36. The number of aryl methyl sites for hydroxylation is 1. The van der Waals surface area contributed by atoms with Gasteiger partial charge in [-0.25, -0.2) is 0 Å². The molecule has 0 fully saturated rings. The normalized spacial score (nSPS) is 12.4. The van der Waals surface area contributed by atoms with Gasteiger partial charge in [0, 0.05) is 12.5 Å². The van der Waals surface area contributed by atoms with Crippen LogP contribution < -0.4 is 9.47 Å². The highest BCUT2D eigenvalue weighted by atomic mass is 16.7. The first-order valence-corrected chi connectivity index (χ1v) is 6.57. The standard InChI is InChI=1S/C16H14O5/c17-11-3-4-12(14(19)8-11)13(18)5-1-10-2-6-15-16(7-10)21-9-20-15/h2-4,6-8,17,19H,1,5,9H2. The molecule has 5 nitrogen and oxygen atoms in total. The third kappa shape index (κ3) is 2.76. The second kappa shape index (κ2) is 5.36. The van der Waals surface area contributed by atoms with E-state index in [0.29, 0.717) is 17.9 Å². The van der Waals surface area contributed by atoms with Gasteiger partial charge in [0.15, 0.2) is 17.3 Å². The molecule has 2 N–H and O–H groups in total. The van der Waals surface area contributed by atoms with Crippen molar-refractivity contribution in [1.82, 2.24) is 0 Å². The molecule has 0 atom stereocenters. The zero-order valence-corrected chi connectivity index (χ0v) is 11.2.